The van der Waals surface area contributed by atoms with Gasteiger partial charge in [-0.1, -0.05) is 13.0 Å². The molecule has 0 aromatic carbocycles. The van der Waals surface area contributed by atoms with Crippen molar-refractivity contribution in [2.24, 2.45) is 0 Å². The highest BCUT2D eigenvalue weighted by atomic mass is 32.1. The number of likely N-dealkylation sites (tertiary alicyclic amines) is 1. The Hall–Kier alpha value is -2.08. The fraction of sp³-hybridized carbons (Fsp3) is 0.524. The summed E-state index contributed by atoms with van der Waals surface area (Å²) in [6.07, 6.45) is 3.26. The van der Waals surface area contributed by atoms with Gasteiger partial charge in [0.05, 0.1) is 12.1 Å². The van der Waals surface area contributed by atoms with Gasteiger partial charge < -0.3 is 14.8 Å². The zero-order valence-corrected chi connectivity index (χ0v) is 17.3. The number of nitrogens with zero attached hydrogens (tertiary/aromatic N) is 2. The van der Waals surface area contributed by atoms with Gasteiger partial charge in [0.1, 0.15) is 0 Å². The van der Waals surface area contributed by atoms with Crippen LogP contribution in [-0.4, -0.2) is 40.4 Å². The van der Waals surface area contributed by atoms with Gasteiger partial charge in [-0.2, -0.15) is 0 Å². The van der Waals surface area contributed by atoms with Gasteiger partial charge in [-0.15, -0.1) is 11.3 Å². The summed E-state index contributed by atoms with van der Waals surface area (Å²) in [6, 6.07) is 6.25. The number of nitrogens with one attached hydrogen (secondary N) is 1. The number of thiophene rings is 1. The Morgan fingerprint density at radius 3 is 2.85 bits per heavy atom. The van der Waals surface area contributed by atoms with Gasteiger partial charge >= 0.3 is 0 Å². The molecule has 1 N–H and O–H groups in total. The summed E-state index contributed by atoms with van der Waals surface area (Å²) in [5, 5.41) is 5.16. The number of rotatable bonds is 6. The highest BCUT2D eigenvalue weighted by Crippen LogP contribution is 2.22. The minimum Gasteiger partial charge on any atom is -0.352 e. The van der Waals surface area contributed by atoms with Crippen LogP contribution in [0.5, 0.6) is 0 Å². The number of hydrogen-bond acceptors (Lipinski definition) is 3. The lowest BCUT2D eigenvalue weighted by atomic mass is 10.0. The predicted octanol–water partition coefficient (Wildman–Crippen LogP) is 3.74. The van der Waals surface area contributed by atoms with Crippen molar-refractivity contribution in [1.82, 2.24) is 14.8 Å². The third-order valence-corrected chi connectivity index (χ3v) is 6.11. The number of aromatic nitrogens is 1. The quantitative estimate of drug-likeness (QED) is 0.821. The van der Waals surface area contributed by atoms with E-state index in [-0.39, 0.29) is 17.9 Å². The zero-order chi connectivity index (χ0) is 19.4. The average molecular weight is 388 g/mol. The second-order valence-corrected chi connectivity index (χ2v) is 8.39. The van der Waals surface area contributed by atoms with Gasteiger partial charge in [0, 0.05) is 41.8 Å². The highest BCUT2D eigenvalue weighted by molar-refractivity contribution is 7.09. The van der Waals surface area contributed by atoms with Crippen molar-refractivity contribution in [3.05, 3.63) is 45.4 Å². The number of piperidine rings is 1. The van der Waals surface area contributed by atoms with Crippen LogP contribution in [0.1, 0.15) is 59.2 Å². The van der Waals surface area contributed by atoms with E-state index in [1.807, 2.05) is 24.8 Å². The van der Waals surface area contributed by atoms with E-state index in [1.165, 1.54) is 4.88 Å². The van der Waals surface area contributed by atoms with E-state index in [2.05, 4.69) is 34.3 Å². The number of carbonyl (C=O) groups is 2. The molecule has 3 rings (SSSR count). The first-order valence-corrected chi connectivity index (χ1v) is 10.6. The first-order chi connectivity index (χ1) is 13.0. The van der Waals surface area contributed by atoms with Crippen LogP contribution in [0.25, 0.3) is 0 Å². The van der Waals surface area contributed by atoms with Crippen LogP contribution in [0, 0.1) is 13.8 Å². The van der Waals surface area contributed by atoms with Gasteiger partial charge in [0.2, 0.25) is 5.91 Å². The van der Waals surface area contributed by atoms with Gasteiger partial charge in [-0.3, -0.25) is 9.59 Å². The first-order valence-electron chi connectivity index (χ1n) is 9.77. The predicted molar refractivity (Wildman–Crippen MR) is 109 cm³/mol. The highest BCUT2D eigenvalue weighted by Gasteiger charge is 2.27. The average Bonchev–Trinajstić information content (AvgIpc) is 3.25. The monoisotopic (exact) mass is 387 g/mol. The molecule has 5 nitrogen and oxygen atoms in total. The molecule has 0 spiro atoms. The normalized spacial score (nSPS) is 17.1. The van der Waals surface area contributed by atoms with Crippen molar-refractivity contribution in [3.8, 4) is 0 Å². The number of amides is 2. The third-order valence-electron chi connectivity index (χ3n) is 5.25. The maximum Gasteiger partial charge on any atom is 0.255 e. The summed E-state index contributed by atoms with van der Waals surface area (Å²) < 4.78 is 2.21. The van der Waals surface area contributed by atoms with Crippen LogP contribution in [0.4, 0.5) is 0 Å². The SMILES string of the molecule is CCCC(=O)NC1CCCN(C(=O)c2cc(C)n(Cc3cccs3)c2C)C1. The summed E-state index contributed by atoms with van der Waals surface area (Å²) in [4.78, 5) is 28.2. The zero-order valence-electron chi connectivity index (χ0n) is 16.5. The minimum absolute atomic E-state index is 0.0661. The van der Waals surface area contributed by atoms with Gasteiger partial charge in [-0.25, -0.2) is 0 Å². The van der Waals surface area contributed by atoms with Crippen LogP contribution < -0.4 is 5.32 Å². The second kappa shape index (κ2) is 8.74. The lowest BCUT2D eigenvalue weighted by Crippen LogP contribution is -2.49. The van der Waals surface area contributed by atoms with Crippen LogP contribution in [0.3, 0.4) is 0 Å². The first kappa shape index (κ1) is 19.7. The van der Waals surface area contributed by atoms with E-state index in [1.54, 1.807) is 11.3 Å². The standard InChI is InChI=1S/C21H29N3O2S/c1-4-7-20(25)22-17-8-5-10-23(13-17)21(26)19-12-15(2)24(16(19)3)14-18-9-6-11-27-18/h6,9,11-12,17H,4-5,7-8,10,13-14H2,1-3H3,(H,22,25). The molecule has 1 atom stereocenters. The molecule has 0 saturated carbocycles. The molecule has 2 amide bonds. The summed E-state index contributed by atoms with van der Waals surface area (Å²) >= 11 is 1.73. The van der Waals surface area contributed by atoms with Crippen LogP contribution in [0.2, 0.25) is 0 Å². The van der Waals surface area contributed by atoms with Crippen molar-refractivity contribution >= 4 is 23.2 Å². The Morgan fingerprint density at radius 1 is 1.33 bits per heavy atom. The fourth-order valence-electron chi connectivity index (χ4n) is 3.80. The van der Waals surface area contributed by atoms with E-state index in [4.69, 9.17) is 0 Å². The smallest absolute Gasteiger partial charge is 0.255 e. The molecule has 1 aliphatic heterocycles. The van der Waals surface area contributed by atoms with E-state index >= 15 is 0 Å². The lowest BCUT2D eigenvalue weighted by molar-refractivity contribution is -0.122. The Bertz CT molecular complexity index is 795. The van der Waals surface area contributed by atoms with E-state index < -0.39 is 0 Å². The maximum atomic E-state index is 13.1. The Kier molecular flexibility index (Phi) is 6.37. The molecule has 0 bridgehead atoms. The molecule has 0 radical (unpaired) electrons. The van der Waals surface area contributed by atoms with E-state index in [0.717, 1.165) is 49.3 Å². The van der Waals surface area contributed by atoms with Crippen molar-refractivity contribution in [2.45, 2.75) is 59.0 Å². The molecule has 3 heterocycles. The molecular weight excluding hydrogens is 358 g/mol. The molecule has 2 aromatic heterocycles. The maximum absolute atomic E-state index is 13.1. The molecular formula is C21H29N3O2S. The summed E-state index contributed by atoms with van der Waals surface area (Å²) in [6.45, 7) is 8.25. The molecule has 1 unspecified atom stereocenters. The van der Waals surface area contributed by atoms with Crippen LogP contribution in [-0.2, 0) is 11.3 Å². The topological polar surface area (TPSA) is 54.3 Å². The minimum atomic E-state index is 0.0661. The van der Waals surface area contributed by atoms with Crippen molar-refractivity contribution < 1.29 is 9.59 Å². The summed E-state index contributed by atoms with van der Waals surface area (Å²) in [5.41, 5.74) is 2.90. The molecule has 1 saturated heterocycles. The van der Waals surface area contributed by atoms with Crippen molar-refractivity contribution in [1.29, 1.82) is 0 Å². The third kappa shape index (κ3) is 4.61. The summed E-state index contributed by atoms with van der Waals surface area (Å²) in [7, 11) is 0. The summed E-state index contributed by atoms with van der Waals surface area (Å²) in [5.74, 6) is 0.167. The van der Waals surface area contributed by atoms with Crippen molar-refractivity contribution in [2.75, 3.05) is 13.1 Å². The molecule has 27 heavy (non-hydrogen) atoms. The van der Waals surface area contributed by atoms with Crippen molar-refractivity contribution in [3.63, 3.8) is 0 Å². The van der Waals surface area contributed by atoms with E-state index in [9.17, 15) is 9.59 Å². The molecule has 146 valence electrons. The Labute approximate surface area is 165 Å². The molecule has 1 aliphatic rings. The fourth-order valence-corrected chi connectivity index (χ4v) is 4.49. The largest absolute Gasteiger partial charge is 0.352 e. The Morgan fingerprint density at radius 2 is 2.15 bits per heavy atom. The number of carbonyl (C=O) groups excluding carboxylic acids is 2. The van der Waals surface area contributed by atoms with Crippen LogP contribution in [0.15, 0.2) is 23.6 Å². The van der Waals surface area contributed by atoms with Crippen LogP contribution >= 0.6 is 11.3 Å². The molecule has 2 aromatic rings. The van der Waals surface area contributed by atoms with Gasteiger partial charge in [-0.05, 0) is 50.6 Å². The Balaban J connectivity index is 1.70. The van der Waals surface area contributed by atoms with Gasteiger partial charge in [0.15, 0.2) is 0 Å². The van der Waals surface area contributed by atoms with Gasteiger partial charge in [0.25, 0.3) is 5.91 Å². The lowest BCUT2D eigenvalue weighted by Gasteiger charge is -2.33. The molecule has 6 heteroatoms. The van der Waals surface area contributed by atoms with E-state index in [0.29, 0.717) is 13.0 Å². The molecule has 0 aliphatic carbocycles. The molecule has 1 fully saturated rings. The number of hydrogen-bond donors (Lipinski definition) is 1. The second-order valence-electron chi connectivity index (χ2n) is 7.36. The number of aryl methyl sites for hydroxylation is 1.